The molecule has 0 unspecified atom stereocenters. The van der Waals surface area contributed by atoms with Crippen LogP contribution in [0, 0.1) is 5.92 Å². The molecule has 0 saturated carbocycles. The van der Waals surface area contributed by atoms with E-state index in [9.17, 15) is 18.6 Å². The lowest BCUT2D eigenvalue weighted by molar-refractivity contribution is 0.0734. The average molecular weight is 587 g/mol. The van der Waals surface area contributed by atoms with Gasteiger partial charge >= 0.3 is 0 Å². The van der Waals surface area contributed by atoms with E-state index in [0.29, 0.717) is 13.1 Å². The highest BCUT2D eigenvalue weighted by Gasteiger charge is 2.38. The normalized spacial score (nSPS) is 19.4. The Kier molecular flexibility index (Phi) is 8.99. The first kappa shape index (κ1) is 29.8. The molecule has 0 aliphatic carbocycles. The van der Waals surface area contributed by atoms with Gasteiger partial charge in [0.1, 0.15) is 22.5 Å². The van der Waals surface area contributed by atoms with E-state index < -0.39 is 16.1 Å². The molecule has 1 heterocycles. The van der Waals surface area contributed by atoms with E-state index in [4.69, 9.17) is 4.74 Å². The van der Waals surface area contributed by atoms with Gasteiger partial charge in [0.25, 0.3) is 0 Å². The molecule has 2 N–H and O–H groups in total. The summed E-state index contributed by atoms with van der Waals surface area (Å²) in [6.07, 6.45) is -0.309. The summed E-state index contributed by atoms with van der Waals surface area (Å²) in [5, 5.41) is 19.7. The number of fused-ring (bicyclic) bond motifs is 1. The lowest BCUT2D eigenvalue weighted by Crippen LogP contribution is -2.49. The molecule has 5 rings (SSSR count). The molecule has 0 saturated heterocycles. The highest BCUT2D eigenvalue weighted by molar-refractivity contribution is 7.89. The third-order valence-electron chi connectivity index (χ3n) is 7.87. The number of hydrogen-bond donors (Lipinski definition) is 2. The standard InChI is InChI=1S/C34H38N2O5S/c1-24-20-36(25(2)23-37)42(39,40)34-18-15-30(29-13-16-31(38)17-14-29)19-32(34)41-33(24)22-35(3)21-26-9-11-28(12-10-26)27-7-5-4-6-8-27/h4-19,24-25,33,37-38H,20-23H2,1-3H3/t24-,25-,33-/m0/s1. The summed E-state index contributed by atoms with van der Waals surface area (Å²) in [7, 11) is -1.89. The molecule has 1 aliphatic heterocycles. The summed E-state index contributed by atoms with van der Waals surface area (Å²) in [4.78, 5) is 2.28. The maximum absolute atomic E-state index is 13.8. The first-order valence-electron chi connectivity index (χ1n) is 14.2. The number of sulfonamides is 1. The Hall–Kier alpha value is -3.69. The van der Waals surface area contributed by atoms with Crippen molar-refractivity contribution < 1.29 is 23.4 Å². The van der Waals surface area contributed by atoms with Crippen molar-refractivity contribution in [1.29, 1.82) is 0 Å². The van der Waals surface area contributed by atoms with Crippen molar-refractivity contribution in [2.75, 3.05) is 26.7 Å². The van der Waals surface area contributed by atoms with Gasteiger partial charge in [0.2, 0.25) is 10.0 Å². The molecular formula is C34H38N2O5S. The van der Waals surface area contributed by atoms with Gasteiger partial charge in [-0.3, -0.25) is 4.90 Å². The molecule has 8 heteroatoms. The zero-order valence-electron chi connectivity index (χ0n) is 24.2. The van der Waals surface area contributed by atoms with Crippen molar-refractivity contribution in [3.63, 3.8) is 0 Å². The van der Waals surface area contributed by atoms with Crippen molar-refractivity contribution in [2.45, 2.75) is 37.4 Å². The quantitative estimate of drug-likeness (QED) is 0.278. The van der Waals surface area contributed by atoms with Crippen molar-refractivity contribution in [2.24, 2.45) is 5.92 Å². The van der Waals surface area contributed by atoms with E-state index in [1.54, 1.807) is 49.4 Å². The van der Waals surface area contributed by atoms with Crippen LogP contribution in [-0.4, -0.2) is 66.7 Å². The van der Waals surface area contributed by atoms with E-state index in [1.807, 2.05) is 32.2 Å². The van der Waals surface area contributed by atoms with Crippen LogP contribution in [0.2, 0.25) is 0 Å². The van der Waals surface area contributed by atoms with E-state index in [0.717, 1.165) is 11.1 Å². The van der Waals surface area contributed by atoms with Crippen LogP contribution in [0.1, 0.15) is 19.4 Å². The Morgan fingerprint density at radius 3 is 2.17 bits per heavy atom. The number of likely N-dealkylation sites (N-methyl/N-ethyl adjacent to an activating group) is 1. The molecule has 4 aromatic carbocycles. The van der Waals surface area contributed by atoms with Gasteiger partial charge < -0.3 is 14.9 Å². The van der Waals surface area contributed by atoms with E-state index in [-0.39, 0.29) is 41.6 Å². The predicted molar refractivity (Wildman–Crippen MR) is 166 cm³/mol. The highest BCUT2D eigenvalue weighted by Crippen LogP contribution is 2.37. The Morgan fingerprint density at radius 2 is 1.50 bits per heavy atom. The van der Waals surface area contributed by atoms with E-state index >= 15 is 0 Å². The molecule has 0 radical (unpaired) electrons. The fourth-order valence-corrected chi connectivity index (χ4v) is 7.22. The molecule has 0 fully saturated rings. The number of rotatable bonds is 8. The average Bonchev–Trinajstić information content (AvgIpc) is 2.99. The van der Waals surface area contributed by atoms with Gasteiger partial charge in [-0.2, -0.15) is 4.31 Å². The smallest absolute Gasteiger partial charge is 0.247 e. The molecule has 42 heavy (non-hydrogen) atoms. The number of phenols is 1. The summed E-state index contributed by atoms with van der Waals surface area (Å²) in [6, 6.07) is 30.1. The Labute approximate surface area is 248 Å². The molecule has 7 nitrogen and oxygen atoms in total. The number of aliphatic hydroxyl groups is 1. The highest BCUT2D eigenvalue weighted by atomic mass is 32.2. The zero-order valence-corrected chi connectivity index (χ0v) is 25.0. The van der Waals surface area contributed by atoms with Crippen molar-refractivity contribution in [1.82, 2.24) is 9.21 Å². The van der Waals surface area contributed by atoms with Gasteiger partial charge in [0.05, 0.1) is 6.61 Å². The zero-order chi connectivity index (χ0) is 29.9. The third-order valence-corrected chi connectivity index (χ3v) is 9.89. The summed E-state index contributed by atoms with van der Waals surface area (Å²) in [6.45, 7) is 4.94. The number of phenolic OH excluding ortho intramolecular Hbond substituents is 1. The number of nitrogens with zero attached hydrogens (tertiary/aromatic N) is 2. The summed E-state index contributed by atoms with van der Waals surface area (Å²) in [5.74, 6) is 0.291. The summed E-state index contributed by atoms with van der Waals surface area (Å²) < 4.78 is 35.6. The lowest BCUT2D eigenvalue weighted by atomic mass is 10.0. The SMILES string of the molecule is C[C@H]1CN([C@@H](C)CO)S(=O)(=O)c2ccc(-c3ccc(O)cc3)cc2O[C@H]1CN(C)Cc1ccc(-c2ccccc2)cc1. The first-order chi connectivity index (χ1) is 20.2. The first-order valence-corrected chi connectivity index (χ1v) is 15.7. The Morgan fingerprint density at radius 1 is 0.905 bits per heavy atom. The van der Waals surface area contributed by atoms with Gasteiger partial charge in [-0.15, -0.1) is 0 Å². The number of aromatic hydroxyl groups is 1. The number of aliphatic hydroxyl groups excluding tert-OH is 1. The molecule has 0 bridgehead atoms. The van der Waals surface area contributed by atoms with Crippen LogP contribution in [0.3, 0.4) is 0 Å². The second-order valence-corrected chi connectivity index (χ2v) is 13.1. The fourth-order valence-electron chi connectivity index (χ4n) is 5.39. The molecule has 0 spiro atoms. The van der Waals surface area contributed by atoms with Crippen LogP contribution in [0.25, 0.3) is 22.3 Å². The van der Waals surface area contributed by atoms with Crippen LogP contribution in [0.4, 0.5) is 0 Å². The topological polar surface area (TPSA) is 90.3 Å². The van der Waals surface area contributed by atoms with Crippen LogP contribution in [-0.2, 0) is 16.6 Å². The minimum atomic E-state index is -3.93. The number of ether oxygens (including phenoxy) is 1. The Bertz CT molecular complexity index is 1590. The number of benzene rings is 4. The minimum Gasteiger partial charge on any atom is -0.508 e. The largest absolute Gasteiger partial charge is 0.508 e. The maximum atomic E-state index is 13.8. The van der Waals surface area contributed by atoms with Gasteiger partial charge in [0, 0.05) is 31.6 Å². The molecule has 4 aromatic rings. The van der Waals surface area contributed by atoms with Crippen LogP contribution in [0.15, 0.2) is 102 Å². The van der Waals surface area contributed by atoms with Crippen molar-refractivity contribution >= 4 is 10.0 Å². The van der Waals surface area contributed by atoms with Crippen molar-refractivity contribution in [3.05, 3.63) is 103 Å². The third kappa shape index (κ3) is 6.52. The monoisotopic (exact) mass is 586 g/mol. The lowest BCUT2D eigenvalue weighted by Gasteiger charge is -2.37. The van der Waals surface area contributed by atoms with Crippen LogP contribution < -0.4 is 4.74 Å². The van der Waals surface area contributed by atoms with Gasteiger partial charge in [-0.25, -0.2) is 8.42 Å². The minimum absolute atomic E-state index is 0.0846. The summed E-state index contributed by atoms with van der Waals surface area (Å²) in [5.41, 5.74) is 5.13. The van der Waals surface area contributed by atoms with Crippen molar-refractivity contribution in [3.8, 4) is 33.8 Å². The second-order valence-electron chi connectivity index (χ2n) is 11.2. The summed E-state index contributed by atoms with van der Waals surface area (Å²) >= 11 is 0. The Balaban J connectivity index is 1.42. The molecule has 0 aromatic heterocycles. The molecule has 0 amide bonds. The predicted octanol–water partition coefficient (Wildman–Crippen LogP) is 5.63. The molecular weight excluding hydrogens is 548 g/mol. The number of hydrogen-bond acceptors (Lipinski definition) is 6. The van der Waals surface area contributed by atoms with E-state index in [2.05, 4.69) is 41.3 Å². The van der Waals surface area contributed by atoms with Gasteiger partial charge in [-0.05, 0) is 66.1 Å². The second kappa shape index (κ2) is 12.7. The fraction of sp³-hybridized carbons (Fsp3) is 0.294. The van der Waals surface area contributed by atoms with Gasteiger partial charge in [-0.1, -0.05) is 79.7 Å². The van der Waals surface area contributed by atoms with Crippen LogP contribution >= 0.6 is 0 Å². The maximum Gasteiger partial charge on any atom is 0.247 e. The van der Waals surface area contributed by atoms with E-state index in [1.165, 1.54) is 21.0 Å². The molecule has 1 aliphatic rings. The van der Waals surface area contributed by atoms with Crippen LogP contribution in [0.5, 0.6) is 11.5 Å². The molecule has 220 valence electrons. The molecule has 3 atom stereocenters. The van der Waals surface area contributed by atoms with Gasteiger partial charge in [0.15, 0.2) is 0 Å².